The smallest absolute Gasteiger partial charge is 0.188 e. The van der Waals surface area contributed by atoms with E-state index >= 15 is 0 Å². The lowest BCUT2D eigenvalue weighted by Crippen LogP contribution is -2.22. The number of benzene rings is 1. The lowest BCUT2D eigenvalue weighted by molar-refractivity contribution is -0.118. The van der Waals surface area contributed by atoms with Crippen molar-refractivity contribution in [2.45, 2.75) is 25.7 Å². The molecular weight excluding hydrogens is 212 g/mol. The van der Waals surface area contributed by atoms with Gasteiger partial charge >= 0.3 is 0 Å². The van der Waals surface area contributed by atoms with E-state index in [1.54, 1.807) is 6.92 Å². The molecule has 0 aliphatic heterocycles. The minimum absolute atomic E-state index is 0.0618. The van der Waals surface area contributed by atoms with Gasteiger partial charge in [0.1, 0.15) is 5.78 Å². The minimum atomic E-state index is -0.180. The van der Waals surface area contributed by atoms with Crippen molar-refractivity contribution in [3.63, 3.8) is 0 Å². The second kappa shape index (κ2) is 3.16. The molecule has 0 amide bonds. The second-order valence-corrected chi connectivity index (χ2v) is 5.11. The molecule has 0 bridgehead atoms. The van der Waals surface area contributed by atoms with Gasteiger partial charge in [0.05, 0.1) is 0 Å². The minimum Gasteiger partial charge on any atom is -0.300 e. The Morgan fingerprint density at radius 2 is 2.06 bits per heavy atom. The van der Waals surface area contributed by atoms with Crippen molar-refractivity contribution in [1.29, 1.82) is 0 Å². The monoisotopic (exact) mass is 226 g/mol. The number of carbonyl (C=O) groups is 2. The van der Waals surface area contributed by atoms with Gasteiger partial charge in [-0.05, 0) is 31.4 Å². The number of ketones is 2. The van der Waals surface area contributed by atoms with E-state index in [9.17, 15) is 9.59 Å². The Bertz CT molecular complexity index is 568. The Kier molecular flexibility index (Phi) is 1.94. The normalized spacial score (nSPS) is 29.9. The van der Waals surface area contributed by atoms with Crippen LogP contribution in [-0.2, 0) is 10.2 Å². The van der Waals surface area contributed by atoms with Crippen molar-refractivity contribution in [3.05, 3.63) is 47.0 Å². The van der Waals surface area contributed by atoms with Crippen LogP contribution in [0.25, 0.3) is 0 Å². The van der Waals surface area contributed by atoms with E-state index in [2.05, 4.69) is 0 Å². The molecule has 0 saturated heterocycles. The van der Waals surface area contributed by atoms with Crippen LogP contribution in [0.15, 0.2) is 35.9 Å². The molecule has 2 atom stereocenters. The van der Waals surface area contributed by atoms with Crippen molar-refractivity contribution in [2.24, 2.45) is 5.92 Å². The molecule has 86 valence electrons. The molecule has 1 aromatic carbocycles. The number of carbonyl (C=O) groups excluding carboxylic acids is 2. The van der Waals surface area contributed by atoms with E-state index in [0.717, 1.165) is 23.1 Å². The largest absolute Gasteiger partial charge is 0.300 e. The molecule has 0 N–H and O–H groups in total. The molecule has 2 unspecified atom stereocenters. The topological polar surface area (TPSA) is 34.1 Å². The van der Waals surface area contributed by atoms with Crippen LogP contribution in [0, 0.1) is 5.92 Å². The van der Waals surface area contributed by atoms with Crippen molar-refractivity contribution in [3.8, 4) is 0 Å². The van der Waals surface area contributed by atoms with Crippen LogP contribution in [0.1, 0.15) is 36.2 Å². The number of allylic oxidation sites excluding steroid dienone is 2. The third kappa shape index (κ3) is 1.27. The van der Waals surface area contributed by atoms with Gasteiger partial charge in [0.25, 0.3) is 0 Å². The fourth-order valence-electron chi connectivity index (χ4n) is 3.07. The maximum Gasteiger partial charge on any atom is 0.188 e. The molecular formula is C15H14O2. The molecule has 2 nitrogen and oxygen atoms in total. The summed E-state index contributed by atoms with van der Waals surface area (Å²) in [6.45, 7) is 3.48. The van der Waals surface area contributed by atoms with E-state index in [1.807, 2.05) is 37.3 Å². The highest BCUT2D eigenvalue weighted by Crippen LogP contribution is 2.58. The van der Waals surface area contributed by atoms with Crippen molar-refractivity contribution in [2.75, 3.05) is 0 Å². The predicted molar refractivity (Wildman–Crippen MR) is 65.0 cm³/mol. The van der Waals surface area contributed by atoms with E-state index in [4.69, 9.17) is 0 Å². The first-order valence-electron chi connectivity index (χ1n) is 5.90. The number of fused-ring (bicyclic) bond motifs is 2. The van der Waals surface area contributed by atoms with Crippen LogP contribution in [0.4, 0.5) is 0 Å². The summed E-state index contributed by atoms with van der Waals surface area (Å²) in [4.78, 5) is 23.6. The lowest BCUT2D eigenvalue weighted by atomic mass is 9.79. The van der Waals surface area contributed by atoms with Gasteiger partial charge < -0.3 is 0 Å². The molecule has 1 fully saturated rings. The molecule has 2 heteroatoms. The van der Waals surface area contributed by atoms with E-state index in [0.29, 0.717) is 0 Å². The number of Topliss-reactive ketones (excluding diaryl/α,β-unsaturated/α-hetero) is 2. The average molecular weight is 226 g/mol. The maximum absolute atomic E-state index is 12.1. The Balaban J connectivity index is 2.19. The molecule has 2 aliphatic carbocycles. The Hall–Kier alpha value is -1.70. The van der Waals surface area contributed by atoms with Crippen LogP contribution in [0.5, 0.6) is 0 Å². The Morgan fingerprint density at radius 3 is 2.71 bits per heavy atom. The lowest BCUT2D eigenvalue weighted by Gasteiger charge is -2.22. The van der Waals surface area contributed by atoms with Crippen LogP contribution >= 0.6 is 0 Å². The highest BCUT2D eigenvalue weighted by atomic mass is 16.1. The molecule has 17 heavy (non-hydrogen) atoms. The van der Waals surface area contributed by atoms with E-state index in [1.165, 1.54) is 0 Å². The Morgan fingerprint density at radius 1 is 1.35 bits per heavy atom. The first-order valence-corrected chi connectivity index (χ1v) is 5.90. The molecule has 1 saturated carbocycles. The van der Waals surface area contributed by atoms with Crippen molar-refractivity contribution >= 4 is 11.6 Å². The standard InChI is InChI=1S/C15H14O2/c1-9-7-15(8-13(15)10(2)16)12-6-4-3-5-11(12)14(9)17/h3-7,13H,8H2,1-2H3. The molecule has 3 rings (SSSR count). The zero-order valence-corrected chi connectivity index (χ0v) is 9.99. The fraction of sp³-hybridized carbons (Fsp3) is 0.333. The maximum atomic E-state index is 12.1. The van der Waals surface area contributed by atoms with Gasteiger partial charge in [-0.2, -0.15) is 0 Å². The van der Waals surface area contributed by atoms with Crippen molar-refractivity contribution in [1.82, 2.24) is 0 Å². The number of rotatable bonds is 1. The van der Waals surface area contributed by atoms with Crippen molar-refractivity contribution < 1.29 is 9.59 Å². The third-order valence-corrected chi connectivity index (χ3v) is 4.00. The number of hydrogen-bond donors (Lipinski definition) is 0. The SMILES string of the molecule is CC(=O)C1CC12C=C(C)C(=O)c1ccccc12. The zero-order valence-electron chi connectivity index (χ0n) is 9.99. The average Bonchev–Trinajstić information content (AvgIpc) is 3.02. The van der Waals surface area contributed by atoms with Gasteiger partial charge in [-0.25, -0.2) is 0 Å². The van der Waals surface area contributed by atoms with Gasteiger partial charge in [-0.15, -0.1) is 0 Å². The summed E-state index contributed by atoms with van der Waals surface area (Å²) in [6, 6.07) is 7.68. The zero-order chi connectivity index (χ0) is 12.2. The number of hydrogen-bond acceptors (Lipinski definition) is 2. The summed E-state index contributed by atoms with van der Waals surface area (Å²) < 4.78 is 0. The van der Waals surface area contributed by atoms with Gasteiger partial charge in [-0.3, -0.25) is 9.59 Å². The first-order chi connectivity index (χ1) is 8.06. The summed E-state index contributed by atoms with van der Waals surface area (Å²) in [7, 11) is 0. The Labute approximate surface area is 100 Å². The van der Waals surface area contributed by atoms with Crippen LogP contribution in [0.2, 0.25) is 0 Å². The van der Waals surface area contributed by atoms with Gasteiger partial charge in [0.2, 0.25) is 0 Å². The van der Waals surface area contributed by atoms with Crippen LogP contribution in [0.3, 0.4) is 0 Å². The van der Waals surface area contributed by atoms with Gasteiger partial charge in [0, 0.05) is 16.9 Å². The summed E-state index contributed by atoms with van der Waals surface area (Å²) in [5.41, 5.74) is 2.40. The summed E-state index contributed by atoms with van der Waals surface area (Å²) in [5.74, 6) is 0.380. The molecule has 0 radical (unpaired) electrons. The molecule has 1 aromatic rings. The van der Waals surface area contributed by atoms with Gasteiger partial charge in [-0.1, -0.05) is 30.3 Å². The third-order valence-electron chi connectivity index (χ3n) is 4.00. The second-order valence-electron chi connectivity index (χ2n) is 5.11. The van der Waals surface area contributed by atoms with E-state index in [-0.39, 0.29) is 22.9 Å². The summed E-state index contributed by atoms with van der Waals surface area (Å²) in [6.07, 6.45) is 2.85. The van der Waals surface area contributed by atoms with E-state index < -0.39 is 0 Å². The predicted octanol–water partition coefficient (Wildman–Crippen LogP) is 2.68. The summed E-state index contributed by atoms with van der Waals surface area (Å²) >= 11 is 0. The molecule has 0 aromatic heterocycles. The highest BCUT2D eigenvalue weighted by molar-refractivity contribution is 6.12. The first kappa shape index (κ1) is 10.5. The quantitative estimate of drug-likeness (QED) is 0.737. The van der Waals surface area contributed by atoms with Crippen LogP contribution in [-0.4, -0.2) is 11.6 Å². The molecule has 0 heterocycles. The molecule has 2 aliphatic rings. The molecule has 1 spiro atoms. The summed E-state index contributed by atoms with van der Waals surface area (Å²) in [5, 5.41) is 0. The van der Waals surface area contributed by atoms with Gasteiger partial charge in [0.15, 0.2) is 5.78 Å². The van der Waals surface area contributed by atoms with Crippen LogP contribution < -0.4 is 0 Å². The fourth-order valence-corrected chi connectivity index (χ4v) is 3.07. The highest BCUT2D eigenvalue weighted by Gasteiger charge is 2.58.